The molecule has 0 spiro atoms. The fraction of sp³-hybridized carbons (Fsp3) is 0.130. The first-order valence-electron chi connectivity index (χ1n) is 9.15. The molecule has 0 saturated heterocycles. The molecular formula is C23H19Cl2NO5. The number of hydrogen-bond donors (Lipinski definition) is 1. The topological polar surface area (TPSA) is 73.9 Å². The van der Waals surface area contributed by atoms with Gasteiger partial charge in [-0.3, -0.25) is 4.79 Å². The third-order valence-corrected chi connectivity index (χ3v) is 4.91. The second-order valence-corrected chi connectivity index (χ2v) is 7.26. The summed E-state index contributed by atoms with van der Waals surface area (Å²) in [5.74, 6) is 0.0437. The SMILES string of the molecule is COC(=O)c1cc(OCc2cccc(OC)c2)ccc1NC(=O)c1ccc(Cl)cc1Cl. The minimum atomic E-state index is -0.621. The molecule has 0 bridgehead atoms. The maximum absolute atomic E-state index is 12.6. The van der Waals surface area contributed by atoms with Crippen molar-refractivity contribution in [2.24, 2.45) is 0 Å². The van der Waals surface area contributed by atoms with Crippen LogP contribution in [0.4, 0.5) is 5.69 Å². The number of ether oxygens (including phenoxy) is 3. The van der Waals surface area contributed by atoms with Gasteiger partial charge < -0.3 is 19.5 Å². The molecule has 6 nitrogen and oxygen atoms in total. The summed E-state index contributed by atoms with van der Waals surface area (Å²) in [5, 5.41) is 3.29. The molecule has 31 heavy (non-hydrogen) atoms. The maximum Gasteiger partial charge on any atom is 0.340 e. The van der Waals surface area contributed by atoms with Crippen molar-refractivity contribution in [3.63, 3.8) is 0 Å². The molecule has 1 amide bonds. The Balaban J connectivity index is 1.81. The van der Waals surface area contributed by atoms with Crippen LogP contribution in [0.5, 0.6) is 11.5 Å². The predicted octanol–water partition coefficient (Wildman–Crippen LogP) is 5.62. The summed E-state index contributed by atoms with van der Waals surface area (Å²) in [6.45, 7) is 0.268. The number of esters is 1. The van der Waals surface area contributed by atoms with Crippen LogP contribution in [0.2, 0.25) is 10.0 Å². The first-order valence-corrected chi connectivity index (χ1v) is 9.91. The lowest BCUT2D eigenvalue weighted by Crippen LogP contribution is -2.16. The summed E-state index contributed by atoms with van der Waals surface area (Å²) in [6, 6.07) is 16.7. The number of hydrogen-bond acceptors (Lipinski definition) is 5. The van der Waals surface area contributed by atoms with Gasteiger partial charge in [-0.2, -0.15) is 0 Å². The molecule has 3 aromatic carbocycles. The van der Waals surface area contributed by atoms with Crippen LogP contribution in [0.25, 0.3) is 0 Å². The van der Waals surface area contributed by atoms with E-state index in [-0.39, 0.29) is 28.4 Å². The number of amides is 1. The molecule has 0 heterocycles. The second-order valence-electron chi connectivity index (χ2n) is 6.42. The zero-order chi connectivity index (χ0) is 22.4. The Hall–Kier alpha value is -3.22. The van der Waals surface area contributed by atoms with Gasteiger partial charge in [0.1, 0.15) is 18.1 Å². The number of anilines is 1. The van der Waals surface area contributed by atoms with Crippen LogP contribution in [-0.2, 0) is 11.3 Å². The van der Waals surface area contributed by atoms with E-state index in [0.29, 0.717) is 10.8 Å². The molecular weight excluding hydrogens is 441 g/mol. The van der Waals surface area contributed by atoms with E-state index in [2.05, 4.69) is 5.32 Å². The summed E-state index contributed by atoms with van der Waals surface area (Å²) in [7, 11) is 2.85. The first-order chi connectivity index (χ1) is 14.9. The molecule has 3 rings (SSSR count). The fourth-order valence-electron chi connectivity index (χ4n) is 2.79. The molecule has 0 aliphatic carbocycles. The fourth-order valence-corrected chi connectivity index (χ4v) is 3.29. The number of carbonyl (C=O) groups excluding carboxylic acids is 2. The number of carbonyl (C=O) groups is 2. The van der Waals surface area contributed by atoms with Gasteiger partial charge in [-0.1, -0.05) is 35.3 Å². The number of nitrogens with one attached hydrogen (secondary N) is 1. The number of benzene rings is 3. The van der Waals surface area contributed by atoms with Gasteiger partial charge in [0.05, 0.1) is 36.1 Å². The Morgan fingerprint density at radius 3 is 2.42 bits per heavy atom. The van der Waals surface area contributed by atoms with Crippen molar-refractivity contribution in [2.45, 2.75) is 6.61 Å². The minimum absolute atomic E-state index is 0.143. The van der Waals surface area contributed by atoms with Crippen LogP contribution in [-0.4, -0.2) is 26.1 Å². The van der Waals surface area contributed by atoms with Gasteiger partial charge in [-0.05, 0) is 54.1 Å². The molecule has 0 saturated carbocycles. The van der Waals surface area contributed by atoms with E-state index in [9.17, 15) is 9.59 Å². The Kier molecular flexibility index (Phi) is 7.39. The molecule has 3 aromatic rings. The highest BCUT2D eigenvalue weighted by molar-refractivity contribution is 6.37. The van der Waals surface area contributed by atoms with Crippen LogP contribution < -0.4 is 14.8 Å². The summed E-state index contributed by atoms with van der Waals surface area (Å²) in [5.41, 5.74) is 1.52. The summed E-state index contributed by atoms with van der Waals surface area (Å²) < 4.78 is 15.8. The summed E-state index contributed by atoms with van der Waals surface area (Å²) >= 11 is 12.0. The normalized spacial score (nSPS) is 10.3. The van der Waals surface area contributed by atoms with E-state index in [0.717, 1.165) is 11.3 Å². The summed E-state index contributed by atoms with van der Waals surface area (Å²) in [4.78, 5) is 24.9. The van der Waals surface area contributed by atoms with Gasteiger partial charge in [0.2, 0.25) is 0 Å². The third kappa shape index (κ3) is 5.69. The van der Waals surface area contributed by atoms with Crippen LogP contribution >= 0.6 is 23.2 Å². The van der Waals surface area contributed by atoms with E-state index >= 15 is 0 Å². The van der Waals surface area contributed by atoms with Gasteiger partial charge in [-0.25, -0.2) is 4.79 Å². The molecule has 0 aromatic heterocycles. The molecule has 0 fully saturated rings. The lowest BCUT2D eigenvalue weighted by atomic mass is 10.1. The van der Waals surface area contributed by atoms with Gasteiger partial charge in [0.15, 0.2) is 0 Å². The lowest BCUT2D eigenvalue weighted by Gasteiger charge is -2.13. The van der Waals surface area contributed by atoms with Crippen molar-refractivity contribution in [1.29, 1.82) is 0 Å². The van der Waals surface area contributed by atoms with Gasteiger partial charge in [-0.15, -0.1) is 0 Å². The average molecular weight is 460 g/mol. The molecule has 1 N–H and O–H groups in total. The van der Waals surface area contributed by atoms with Gasteiger partial charge in [0, 0.05) is 5.02 Å². The highest BCUT2D eigenvalue weighted by atomic mass is 35.5. The van der Waals surface area contributed by atoms with Gasteiger partial charge in [0.25, 0.3) is 5.91 Å². The Morgan fingerprint density at radius 2 is 1.71 bits per heavy atom. The standard InChI is InChI=1S/C23H19Cl2NO5/c1-29-16-5-3-4-14(10-16)13-31-17-7-9-21(19(12-17)23(28)30-2)26-22(27)18-8-6-15(24)11-20(18)25/h3-12H,13H2,1-2H3,(H,26,27). The van der Waals surface area contributed by atoms with E-state index in [1.165, 1.54) is 25.3 Å². The molecule has 0 radical (unpaired) electrons. The van der Waals surface area contributed by atoms with Crippen LogP contribution in [0.15, 0.2) is 60.7 Å². The number of rotatable bonds is 7. The molecule has 8 heteroatoms. The first kappa shape index (κ1) is 22.5. The van der Waals surface area contributed by atoms with Crippen LogP contribution in [0.1, 0.15) is 26.3 Å². The molecule has 0 aliphatic heterocycles. The zero-order valence-corrected chi connectivity index (χ0v) is 18.3. The van der Waals surface area contributed by atoms with E-state index in [4.69, 9.17) is 37.4 Å². The second kappa shape index (κ2) is 10.2. The van der Waals surface area contributed by atoms with Gasteiger partial charge >= 0.3 is 5.97 Å². The van der Waals surface area contributed by atoms with Crippen LogP contribution in [0, 0.1) is 0 Å². The zero-order valence-electron chi connectivity index (χ0n) is 16.8. The molecule has 0 unspecified atom stereocenters. The van der Waals surface area contributed by atoms with E-state index in [1.54, 1.807) is 25.3 Å². The van der Waals surface area contributed by atoms with Crippen molar-refractivity contribution in [1.82, 2.24) is 0 Å². The largest absolute Gasteiger partial charge is 0.497 e. The van der Waals surface area contributed by atoms with E-state index in [1.807, 2.05) is 24.3 Å². The third-order valence-electron chi connectivity index (χ3n) is 4.36. The number of methoxy groups -OCH3 is 2. The quantitative estimate of drug-likeness (QED) is 0.464. The Bertz CT molecular complexity index is 1120. The average Bonchev–Trinajstić information content (AvgIpc) is 2.77. The maximum atomic E-state index is 12.6. The molecule has 0 aliphatic rings. The molecule has 160 valence electrons. The molecule has 0 atom stereocenters. The van der Waals surface area contributed by atoms with Crippen LogP contribution in [0.3, 0.4) is 0 Å². The van der Waals surface area contributed by atoms with Crippen molar-refractivity contribution in [2.75, 3.05) is 19.5 Å². The Morgan fingerprint density at radius 1 is 0.903 bits per heavy atom. The van der Waals surface area contributed by atoms with Crippen molar-refractivity contribution in [3.8, 4) is 11.5 Å². The highest BCUT2D eigenvalue weighted by Gasteiger charge is 2.18. The van der Waals surface area contributed by atoms with Crippen molar-refractivity contribution < 1.29 is 23.8 Å². The summed E-state index contributed by atoms with van der Waals surface area (Å²) in [6.07, 6.45) is 0. The monoisotopic (exact) mass is 459 g/mol. The van der Waals surface area contributed by atoms with Crippen molar-refractivity contribution >= 4 is 40.8 Å². The lowest BCUT2D eigenvalue weighted by molar-refractivity contribution is 0.0601. The highest BCUT2D eigenvalue weighted by Crippen LogP contribution is 2.27. The van der Waals surface area contributed by atoms with Crippen molar-refractivity contribution in [3.05, 3.63) is 87.4 Å². The smallest absolute Gasteiger partial charge is 0.340 e. The Labute approximate surface area is 189 Å². The van der Waals surface area contributed by atoms with E-state index < -0.39 is 11.9 Å². The predicted molar refractivity (Wildman–Crippen MR) is 120 cm³/mol. The number of halogens is 2. The minimum Gasteiger partial charge on any atom is -0.497 e.